The van der Waals surface area contributed by atoms with Crippen molar-refractivity contribution in [2.75, 3.05) is 6.61 Å². The molecule has 0 fully saturated rings. The number of aryl methyl sites for hydroxylation is 1. The van der Waals surface area contributed by atoms with Gasteiger partial charge in [-0.25, -0.2) is 4.79 Å². The molecule has 0 radical (unpaired) electrons. The van der Waals surface area contributed by atoms with Crippen molar-refractivity contribution in [1.29, 1.82) is 0 Å². The molecular formula is C17H25NO4. The first kappa shape index (κ1) is 18.0. The zero-order chi connectivity index (χ0) is 16.8. The molecule has 0 heterocycles. The highest BCUT2D eigenvalue weighted by atomic mass is 16.6. The summed E-state index contributed by atoms with van der Waals surface area (Å²) >= 11 is 0. The summed E-state index contributed by atoms with van der Waals surface area (Å²) in [5.41, 5.74) is 0.655. The van der Waals surface area contributed by atoms with Crippen LogP contribution in [0.3, 0.4) is 0 Å². The van der Waals surface area contributed by atoms with Crippen molar-refractivity contribution in [2.45, 2.75) is 52.7 Å². The Morgan fingerprint density at radius 3 is 2.45 bits per heavy atom. The Hall–Kier alpha value is -2.04. The fourth-order valence-corrected chi connectivity index (χ4v) is 1.83. The van der Waals surface area contributed by atoms with E-state index < -0.39 is 12.1 Å². The van der Waals surface area contributed by atoms with Gasteiger partial charge in [0.25, 0.3) is 5.91 Å². The molecule has 22 heavy (non-hydrogen) atoms. The van der Waals surface area contributed by atoms with E-state index in [4.69, 9.17) is 9.47 Å². The van der Waals surface area contributed by atoms with Crippen LogP contribution in [0.1, 0.15) is 40.2 Å². The molecule has 0 spiro atoms. The molecule has 1 amide bonds. The molecular weight excluding hydrogens is 282 g/mol. The lowest BCUT2D eigenvalue weighted by Gasteiger charge is -2.23. The van der Waals surface area contributed by atoms with E-state index in [0.717, 1.165) is 12.0 Å². The molecule has 0 aliphatic heterocycles. The maximum atomic E-state index is 11.8. The second kappa shape index (κ2) is 7.82. The van der Waals surface area contributed by atoms with Crippen molar-refractivity contribution in [3.63, 3.8) is 0 Å². The third-order valence-electron chi connectivity index (χ3n) is 2.87. The number of amides is 1. The van der Waals surface area contributed by atoms with E-state index in [-0.39, 0.29) is 18.1 Å². The molecule has 0 aromatic heterocycles. The number of esters is 1. The molecule has 0 bridgehead atoms. The minimum atomic E-state index is -0.850. The SMILES string of the molecule is CCc1ccccc1OCC(=O)OC(C)C(=O)NC(C)(C)C. The molecule has 1 aromatic rings. The maximum Gasteiger partial charge on any atom is 0.344 e. The van der Waals surface area contributed by atoms with Crippen LogP contribution in [0.25, 0.3) is 0 Å². The van der Waals surface area contributed by atoms with E-state index >= 15 is 0 Å². The summed E-state index contributed by atoms with van der Waals surface area (Å²) in [6.07, 6.45) is -0.0351. The third kappa shape index (κ3) is 6.16. The van der Waals surface area contributed by atoms with Gasteiger partial charge in [-0.05, 0) is 45.7 Å². The van der Waals surface area contributed by atoms with Gasteiger partial charge in [-0.3, -0.25) is 4.79 Å². The monoisotopic (exact) mass is 307 g/mol. The largest absolute Gasteiger partial charge is 0.482 e. The highest BCUT2D eigenvalue weighted by Crippen LogP contribution is 2.18. The smallest absolute Gasteiger partial charge is 0.344 e. The number of benzene rings is 1. The Morgan fingerprint density at radius 2 is 1.86 bits per heavy atom. The Kier molecular flexibility index (Phi) is 6.40. The average Bonchev–Trinajstić information content (AvgIpc) is 2.43. The van der Waals surface area contributed by atoms with E-state index in [2.05, 4.69) is 5.32 Å². The molecule has 1 aromatic carbocycles. The highest BCUT2D eigenvalue weighted by Gasteiger charge is 2.22. The Labute approximate surface area is 132 Å². The summed E-state index contributed by atoms with van der Waals surface area (Å²) in [4.78, 5) is 23.6. The molecule has 0 saturated carbocycles. The lowest BCUT2D eigenvalue weighted by molar-refractivity contribution is -0.157. The zero-order valence-electron chi connectivity index (χ0n) is 13.9. The van der Waals surface area contributed by atoms with Crippen molar-refractivity contribution in [3.8, 4) is 5.75 Å². The predicted octanol–water partition coefficient (Wildman–Crippen LogP) is 2.47. The molecule has 1 N–H and O–H groups in total. The van der Waals surface area contributed by atoms with Gasteiger partial charge in [0, 0.05) is 5.54 Å². The number of hydrogen-bond acceptors (Lipinski definition) is 4. The van der Waals surface area contributed by atoms with Crippen LogP contribution in [0.5, 0.6) is 5.75 Å². The van der Waals surface area contributed by atoms with Gasteiger partial charge >= 0.3 is 5.97 Å². The fraction of sp³-hybridized carbons (Fsp3) is 0.529. The number of hydrogen-bond donors (Lipinski definition) is 1. The van der Waals surface area contributed by atoms with Gasteiger partial charge in [0.15, 0.2) is 12.7 Å². The van der Waals surface area contributed by atoms with Gasteiger partial charge in [0.1, 0.15) is 5.75 Å². The normalized spacial score (nSPS) is 12.4. The zero-order valence-corrected chi connectivity index (χ0v) is 13.9. The quantitative estimate of drug-likeness (QED) is 0.820. The van der Waals surface area contributed by atoms with Crippen molar-refractivity contribution < 1.29 is 19.1 Å². The lowest BCUT2D eigenvalue weighted by Crippen LogP contribution is -2.46. The predicted molar refractivity (Wildman–Crippen MR) is 84.8 cm³/mol. The Bertz CT molecular complexity index is 520. The van der Waals surface area contributed by atoms with Gasteiger partial charge in [0.2, 0.25) is 0 Å². The van der Waals surface area contributed by atoms with Crippen LogP contribution in [0, 0.1) is 0 Å². The summed E-state index contributed by atoms with van der Waals surface area (Å²) < 4.78 is 10.5. The van der Waals surface area contributed by atoms with Crippen LogP contribution in [0.2, 0.25) is 0 Å². The molecule has 0 aliphatic rings. The molecule has 1 atom stereocenters. The van der Waals surface area contributed by atoms with Crippen LogP contribution in [0.15, 0.2) is 24.3 Å². The van der Waals surface area contributed by atoms with E-state index in [9.17, 15) is 9.59 Å². The number of ether oxygens (including phenoxy) is 2. The maximum absolute atomic E-state index is 11.8. The number of para-hydroxylation sites is 1. The fourth-order valence-electron chi connectivity index (χ4n) is 1.83. The molecule has 1 rings (SSSR count). The second-order valence-electron chi connectivity index (χ2n) is 6.12. The van der Waals surface area contributed by atoms with Crippen LogP contribution >= 0.6 is 0 Å². The minimum Gasteiger partial charge on any atom is -0.482 e. The van der Waals surface area contributed by atoms with Crippen molar-refractivity contribution >= 4 is 11.9 Å². The summed E-state index contributed by atoms with van der Waals surface area (Å²) in [5.74, 6) is -0.231. The number of nitrogens with one attached hydrogen (secondary N) is 1. The molecule has 122 valence electrons. The van der Waals surface area contributed by atoms with Crippen LogP contribution in [0.4, 0.5) is 0 Å². The molecule has 5 heteroatoms. The van der Waals surface area contributed by atoms with Crippen LogP contribution in [-0.2, 0) is 20.7 Å². The lowest BCUT2D eigenvalue weighted by atomic mass is 10.1. The third-order valence-corrected chi connectivity index (χ3v) is 2.87. The molecule has 5 nitrogen and oxygen atoms in total. The van der Waals surface area contributed by atoms with E-state index in [1.165, 1.54) is 0 Å². The van der Waals surface area contributed by atoms with Gasteiger partial charge in [-0.15, -0.1) is 0 Å². The van der Waals surface area contributed by atoms with Crippen molar-refractivity contribution in [2.24, 2.45) is 0 Å². The molecule has 1 unspecified atom stereocenters. The second-order valence-corrected chi connectivity index (χ2v) is 6.12. The van der Waals surface area contributed by atoms with Crippen molar-refractivity contribution in [3.05, 3.63) is 29.8 Å². The first-order valence-corrected chi connectivity index (χ1v) is 7.45. The van der Waals surface area contributed by atoms with E-state index in [0.29, 0.717) is 5.75 Å². The summed E-state index contributed by atoms with van der Waals surface area (Å²) in [7, 11) is 0. The number of rotatable bonds is 6. The first-order chi connectivity index (χ1) is 10.2. The first-order valence-electron chi connectivity index (χ1n) is 7.45. The average molecular weight is 307 g/mol. The molecule has 0 aliphatic carbocycles. The molecule has 0 saturated heterocycles. The van der Waals surface area contributed by atoms with Crippen LogP contribution in [-0.4, -0.2) is 30.1 Å². The number of carbonyl (C=O) groups is 2. The Balaban J connectivity index is 2.48. The van der Waals surface area contributed by atoms with Gasteiger partial charge in [0.05, 0.1) is 0 Å². The standard InChI is InChI=1S/C17H25NO4/c1-6-13-9-7-8-10-14(13)21-11-15(19)22-12(2)16(20)18-17(3,4)5/h7-10,12H,6,11H2,1-5H3,(H,18,20). The van der Waals surface area contributed by atoms with E-state index in [1.54, 1.807) is 6.92 Å². The van der Waals surface area contributed by atoms with Crippen molar-refractivity contribution in [1.82, 2.24) is 5.32 Å². The number of carbonyl (C=O) groups excluding carboxylic acids is 2. The van der Waals surface area contributed by atoms with Crippen LogP contribution < -0.4 is 10.1 Å². The highest BCUT2D eigenvalue weighted by molar-refractivity contribution is 5.84. The topological polar surface area (TPSA) is 64.6 Å². The summed E-state index contributed by atoms with van der Waals surface area (Å²) in [6, 6.07) is 7.52. The summed E-state index contributed by atoms with van der Waals surface area (Å²) in [6.45, 7) is 8.93. The minimum absolute atomic E-state index is 0.218. The van der Waals surface area contributed by atoms with Gasteiger partial charge < -0.3 is 14.8 Å². The Morgan fingerprint density at radius 1 is 1.23 bits per heavy atom. The summed E-state index contributed by atoms with van der Waals surface area (Å²) in [5, 5.41) is 2.76. The van der Waals surface area contributed by atoms with Gasteiger partial charge in [-0.2, -0.15) is 0 Å². The van der Waals surface area contributed by atoms with E-state index in [1.807, 2.05) is 52.0 Å². The van der Waals surface area contributed by atoms with Gasteiger partial charge in [-0.1, -0.05) is 25.1 Å².